The highest BCUT2D eigenvalue weighted by molar-refractivity contribution is 8.00. The fourth-order valence-corrected chi connectivity index (χ4v) is 6.53. The molecular formula is C37H34N4O3S2. The molecule has 0 aliphatic carbocycles. The smallest absolute Gasteiger partial charge is 0.272 e. The average molecular weight is 647 g/mol. The van der Waals surface area contributed by atoms with Crippen LogP contribution in [0.5, 0.6) is 0 Å². The Kier molecular flexibility index (Phi) is 10.8. The van der Waals surface area contributed by atoms with Crippen molar-refractivity contribution < 1.29 is 14.4 Å². The average Bonchev–Trinajstić information content (AvgIpc) is 3.44. The summed E-state index contributed by atoms with van der Waals surface area (Å²) in [7, 11) is 0. The number of aryl methyl sites for hydroxylation is 2. The van der Waals surface area contributed by atoms with Gasteiger partial charge in [0.15, 0.2) is 5.13 Å². The molecule has 232 valence electrons. The molecule has 0 spiro atoms. The minimum atomic E-state index is -0.465. The van der Waals surface area contributed by atoms with Crippen molar-refractivity contribution in [2.75, 3.05) is 10.6 Å². The third-order valence-corrected chi connectivity index (χ3v) is 9.37. The van der Waals surface area contributed by atoms with Crippen molar-refractivity contribution in [3.05, 3.63) is 136 Å². The van der Waals surface area contributed by atoms with Crippen molar-refractivity contribution in [1.82, 2.24) is 10.3 Å². The van der Waals surface area contributed by atoms with Gasteiger partial charge >= 0.3 is 0 Å². The van der Waals surface area contributed by atoms with Crippen molar-refractivity contribution in [3.8, 4) is 11.3 Å². The first-order chi connectivity index (χ1) is 22.3. The van der Waals surface area contributed by atoms with Gasteiger partial charge in [0.25, 0.3) is 11.8 Å². The van der Waals surface area contributed by atoms with Crippen LogP contribution in [0.25, 0.3) is 17.3 Å². The van der Waals surface area contributed by atoms with E-state index in [0.717, 1.165) is 32.2 Å². The number of rotatable bonds is 11. The summed E-state index contributed by atoms with van der Waals surface area (Å²) < 4.78 is 0. The zero-order valence-corrected chi connectivity index (χ0v) is 27.4. The normalized spacial score (nSPS) is 11.8. The van der Waals surface area contributed by atoms with E-state index in [0.29, 0.717) is 22.8 Å². The maximum Gasteiger partial charge on any atom is 0.272 e. The van der Waals surface area contributed by atoms with Gasteiger partial charge in [-0.3, -0.25) is 14.4 Å². The van der Waals surface area contributed by atoms with E-state index in [1.807, 2.05) is 99.6 Å². The van der Waals surface area contributed by atoms with Crippen molar-refractivity contribution in [2.45, 2.75) is 37.3 Å². The number of hydrogen-bond acceptors (Lipinski definition) is 6. The second kappa shape index (κ2) is 15.3. The summed E-state index contributed by atoms with van der Waals surface area (Å²) in [5.41, 5.74) is 4.74. The van der Waals surface area contributed by atoms with E-state index >= 15 is 0 Å². The second-order valence-electron chi connectivity index (χ2n) is 10.5. The molecule has 0 radical (unpaired) electrons. The van der Waals surface area contributed by atoms with Crippen LogP contribution in [0.3, 0.4) is 0 Å². The molecule has 9 heteroatoms. The molecule has 3 N–H and O–H groups in total. The van der Waals surface area contributed by atoms with Gasteiger partial charge in [-0.05, 0) is 67.8 Å². The van der Waals surface area contributed by atoms with Gasteiger partial charge < -0.3 is 16.0 Å². The van der Waals surface area contributed by atoms with Gasteiger partial charge in [0.05, 0.1) is 10.9 Å². The molecule has 0 aliphatic rings. The Hall–Kier alpha value is -4.99. The van der Waals surface area contributed by atoms with Crippen molar-refractivity contribution in [2.24, 2.45) is 0 Å². The minimum absolute atomic E-state index is 0.112. The first-order valence-corrected chi connectivity index (χ1v) is 16.6. The molecule has 1 aromatic heterocycles. The fourth-order valence-electron chi connectivity index (χ4n) is 4.68. The molecule has 5 rings (SSSR count). The number of thioether (sulfide) groups is 1. The van der Waals surface area contributed by atoms with Crippen molar-refractivity contribution in [1.29, 1.82) is 0 Å². The number of carbonyl (C=O) groups is 3. The predicted octanol–water partition coefficient (Wildman–Crippen LogP) is 8.35. The highest BCUT2D eigenvalue weighted by Crippen LogP contribution is 2.32. The Labute approximate surface area is 277 Å². The number of carbonyl (C=O) groups excluding carboxylic acids is 3. The highest BCUT2D eigenvalue weighted by atomic mass is 32.2. The van der Waals surface area contributed by atoms with E-state index in [9.17, 15) is 14.4 Å². The Morgan fingerprint density at radius 1 is 0.848 bits per heavy atom. The summed E-state index contributed by atoms with van der Waals surface area (Å²) in [5.74, 6) is -0.988. The third-order valence-electron chi connectivity index (χ3n) is 7.12. The number of thiazole rings is 1. The standard InChI is InChI=1S/C37H34N4O3S2/c1-4-32(36(44)41-37-40-33(25(3)45-37)26-15-7-5-8-16-26)46-30-21-13-20-29(23-30)38-35(43)31(22-28-19-12-11-14-24(28)2)39-34(42)27-17-9-6-10-18-27/h5-23,32H,4H2,1-3H3,(H,38,43)(H,39,42)(H,40,41,44)/b31-22-. The lowest BCUT2D eigenvalue weighted by Crippen LogP contribution is -2.30. The van der Waals surface area contributed by atoms with Crippen molar-refractivity contribution in [3.63, 3.8) is 0 Å². The summed E-state index contributed by atoms with van der Waals surface area (Å²) >= 11 is 2.87. The van der Waals surface area contributed by atoms with E-state index in [1.54, 1.807) is 36.4 Å². The number of nitrogens with zero attached hydrogens (tertiary/aromatic N) is 1. The summed E-state index contributed by atoms with van der Waals surface area (Å²) in [4.78, 5) is 46.4. The maximum absolute atomic E-state index is 13.6. The number of aromatic nitrogens is 1. The van der Waals surface area contributed by atoms with Gasteiger partial charge in [-0.25, -0.2) is 4.98 Å². The summed E-state index contributed by atoms with van der Waals surface area (Å²) in [6, 6.07) is 33.6. The number of hydrogen-bond donors (Lipinski definition) is 3. The lowest BCUT2D eigenvalue weighted by molar-refractivity contribution is -0.116. The minimum Gasteiger partial charge on any atom is -0.321 e. The lowest BCUT2D eigenvalue weighted by Gasteiger charge is -2.15. The lowest BCUT2D eigenvalue weighted by atomic mass is 10.1. The molecule has 0 fully saturated rings. The molecule has 4 aromatic carbocycles. The molecule has 0 saturated carbocycles. The van der Waals surface area contributed by atoms with E-state index in [4.69, 9.17) is 0 Å². The van der Waals surface area contributed by atoms with Crippen LogP contribution in [0.2, 0.25) is 0 Å². The molecule has 1 heterocycles. The number of benzene rings is 4. The zero-order valence-electron chi connectivity index (χ0n) is 25.7. The Balaban J connectivity index is 1.29. The van der Waals surface area contributed by atoms with Gasteiger partial charge in [-0.15, -0.1) is 23.1 Å². The largest absolute Gasteiger partial charge is 0.321 e. The fraction of sp³-hybridized carbons (Fsp3) is 0.135. The monoisotopic (exact) mass is 646 g/mol. The van der Waals surface area contributed by atoms with Crippen LogP contribution < -0.4 is 16.0 Å². The van der Waals surface area contributed by atoms with E-state index in [-0.39, 0.29) is 22.8 Å². The first-order valence-electron chi connectivity index (χ1n) is 14.9. The van der Waals surface area contributed by atoms with E-state index < -0.39 is 5.91 Å². The molecule has 1 unspecified atom stereocenters. The van der Waals surface area contributed by atoms with Crippen LogP contribution in [0.1, 0.15) is 39.7 Å². The number of nitrogens with one attached hydrogen (secondary N) is 3. The highest BCUT2D eigenvalue weighted by Gasteiger charge is 2.21. The molecule has 0 aliphatic heterocycles. The second-order valence-corrected chi connectivity index (χ2v) is 13.0. The Bertz CT molecular complexity index is 1870. The molecule has 3 amide bonds. The summed E-state index contributed by atoms with van der Waals surface area (Å²) in [6.07, 6.45) is 2.27. The Morgan fingerprint density at radius 2 is 1.54 bits per heavy atom. The van der Waals surface area contributed by atoms with E-state index in [2.05, 4.69) is 20.9 Å². The van der Waals surface area contributed by atoms with Crippen LogP contribution in [0.4, 0.5) is 10.8 Å². The van der Waals surface area contributed by atoms with Gasteiger partial charge in [0.1, 0.15) is 5.70 Å². The first kappa shape index (κ1) is 32.4. The van der Waals surface area contributed by atoms with Crippen LogP contribution in [-0.4, -0.2) is 28.0 Å². The molecule has 46 heavy (non-hydrogen) atoms. The van der Waals surface area contributed by atoms with Gasteiger partial charge in [0, 0.05) is 26.6 Å². The summed E-state index contributed by atoms with van der Waals surface area (Å²) in [6.45, 7) is 5.90. The molecular weight excluding hydrogens is 613 g/mol. The third kappa shape index (κ3) is 8.38. The molecule has 5 aromatic rings. The maximum atomic E-state index is 13.6. The molecule has 1 atom stereocenters. The Morgan fingerprint density at radius 3 is 2.26 bits per heavy atom. The number of amides is 3. The van der Waals surface area contributed by atoms with Crippen LogP contribution >= 0.6 is 23.1 Å². The summed E-state index contributed by atoms with van der Waals surface area (Å²) in [5, 5.41) is 8.89. The predicted molar refractivity (Wildman–Crippen MR) is 189 cm³/mol. The quantitative estimate of drug-likeness (QED) is 0.0990. The van der Waals surface area contributed by atoms with Gasteiger partial charge in [-0.1, -0.05) is 85.8 Å². The molecule has 7 nitrogen and oxygen atoms in total. The molecule has 0 bridgehead atoms. The number of anilines is 2. The van der Waals surface area contributed by atoms with Crippen LogP contribution in [-0.2, 0) is 9.59 Å². The van der Waals surface area contributed by atoms with Gasteiger partial charge in [-0.2, -0.15) is 0 Å². The van der Waals surface area contributed by atoms with E-state index in [1.165, 1.54) is 23.1 Å². The SMILES string of the molecule is CCC(Sc1cccc(NC(=O)/C(=C/c2ccccc2C)NC(=O)c2ccccc2)c1)C(=O)Nc1nc(-c2ccccc2)c(C)s1. The van der Waals surface area contributed by atoms with Gasteiger partial charge in [0.2, 0.25) is 5.91 Å². The van der Waals surface area contributed by atoms with Crippen LogP contribution in [0, 0.1) is 13.8 Å². The van der Waals surface area contributed by atoms with Crippen molar-refractivity contribution >= 4 is 57.7 Å². The zero-order chi connectivity index (χ0) is 32.5. The molecule has 0 saturated heterocycles. The van der Waals surface area contributed by atoms with Crippen LogP contribution in [0.15, 0.2) is 120 Å². The topological polar surface area (TPSA) is 100 Å².